The molecule has 0 spiro atoms. The van der Waals surface area contributed by atoms with Crippen LogP contribution < -0.4 is 5.73 Å². The van der Waals surface area contributed by atoms with Gasteiger partial charge in [-0.2, -0.15) is 4.39 Å². The lowest BCUT2D eigenvalue weighted by molar-refractivity contribution is 0.562. The number of hydrogen-bond donors (Lipinski definition) is 1. The van der Waals surface area contributed by atoms with Gasteiger partial charge in [0.15, 0.2) is 11.1 Å². The molecule has 104 valence electrons. The molecule has 0 radical (unpaired) electrons. The number of anilines is 1. The molecule has 0 aliphatic carbocycles. The van der Waals surface area contributed by atoms with Crippen LogP contribution in [0.5, 0.6) is 0 Å². The third kappa shape index (κ3) is 2.04. The zero-order chi connectivity index (χ0) is 14.4. The fraction of sp³-hybridized carbons (Fsp3) is 0.0667. The van der Waals surface area contributed by atoms with Gasteiger partial charge in [-0.25, -0.2) is 9.97 Å². The summed E-state index contributed by atoms with van der Waals surface area (Å²) < 4.78 is 16.5. The van der Waals surface area contributed by atoms with Gasteiger partial charge < -0.3 is 5.73 Å². The van der Waals surface area contributed by atoms with E-state index in [4.69, 9.17) is 5.73 Å². The van der Waals surface area contributed by atoms with Crippen LogP contribution in [0.4, 0.5) is 9.52 Å². The van der Waals surface area contributed by atoms with E-state index in [1.165, 1.54) is 21.8 Å². The predicted octanol–water partition coefficient (Wildman–Crippen LogP) is 3.26. The molecule has 0 aliphatic heterocycles. The lowest BCUT2D eigenvalue weighted by Gasteiger charge is -2.03. The van der Waals surface area contributed by atoms with Crippen LogP contribution >= 0.6 is 11.3 Å². The van der Waals surface area contributed by atoms with Crippen molar-refractivity contribution in [3.8, 4) is 0 Å². The van der Waals surface area contributed by atoms with Crippen molar-refractivity contribution in [2.45, 2.75) is 6.42 Å². The van der Waals surface area contributed by atoms with Gasteiger partial charge in [-0.1, -0.05) is 23.5 Å². The van der Waals surface area contributed by atoms with Crippen molar-refractivity contribution in [2.24, 2.45) is 0 Å². The summed E-state index contributed by atoms with van der Waals surface area (Å²) in [6.45, 7) is 0. The highest BCUT2D eigenvalue weighted by Gasteiger charge is 2.09. The zero-order valence-corrected chi connectivity index (χ0v) is 11.8. The first-order valence-electron chi connectivity index (χ1n) is 6.46. The number of halogens is 1. The van der Waals surface area contributed by atoms with Crippen LogP contribution in [0.15, 0.2) is 42.6 Å². The quantitative estimate of drug-likeness (QED) is 0.578. The summed E-state index contributed by atoms with van der Waals surface area (Å²) in [5.41, 5.74) is 9.13. The molecule has 2 N–H and O–H groups in total. The maximum Gasteiger partial charge on any atom is 0.199 e. The van der Waals surface area contributed by atoms with Gasteiger partial charge in [0, 0.05) is 18.3 Å². The second-order valence-electron chi connectivity index (χ2n) is 4.82. The van der Waals surface area contributed by atoms with Gasteiger partial charge in [0.05, 0.1) is 10.2 Å². The van der Waals surface area contributed by atoms with E-state index < -0.39 is 0 Å². The van der Waals surface area contributed by atoms with Crippen LogP contribution in [0.2, 0.25) is 0 Å². The third-order valence-electron chi connectivity index (χ3n) is 3.41. The minimum absolute atomic E-state index is 0.303. The van der Waals surface area contributed by atoms with Gasteiger partial charge in [-0.05, 0) is 29.8 Å². The summed E-state index contributed by atoms with van der Waals surface area (Å²) in [5, 5.41) is 0.558. The monoisotopic (exact) mass is 298 g/mol. The van der Waals surface area contributed by atoms with E-state index in [1.54, 1.807) is 18.3 Å². The Morgan fingerprint density at radius 2 is 2.14 bits per heavy atom. The number of rotatable bonds is 2. The van der Waals surface area contributed by atoms with E-state index >= 15 is 0 Å². The fourth-order valence-electron chi connectivity index (χ4n) is 2.49. The van der Waals surface area contributed by atoms with Crippen molar-refractivity contribution < 1.29 is 4.39 Å². The van der Waals surface area contributed by atoms with E-state index in [9.17, 15) is 4.39 Å². The van der Waals surface area contributed by atoms with Gasteiger partial charge in [0.25, 0.3) is 0 Å². The highest BCUT2D eigenvalue weighted by atomic mass is 32.1. The number of thiazole rings is 1. The summed E-state index contributed by atoms with van der Waals surface area (Å²) in [6.07, 6.45) is 2.32. The van der Waals surface area contributed by atoms with E-state index in [0.29, 0.717) is 17.2 Å². The Bertz CT molecular complexity index is 957. The molecule has 6 heteroatoms. The normalized spacial score (nSPS) is 11.5. The summed E-state index contributed by atoms with van der Waals surface area (Å²) in [6, 6.07) is 10.9. The Kier molecular flexibility index (Phi) is 2.65. The first kappa shape index (κ1) is 12.3. The van der Waals surface area contributed by atoms with Crippen LogP contribution in [0.3, 0.4) is 0 Å². The van der Waals surface area contributed by atoms with Gasteiger partial charge in [-0.3, -0.25) is 4.40 Å². The molecule has 4 rings (SSSR count). The average Bonchev–Trinajstić information content (AvgIpc) is 3.02. The Hall–Kier alpha value is -2.47. The number of fused-ring (bicyclic) bond motifs is 2. The lowest BCUT2D eigenvalue weighted by atomic mass is 10.1. The second-order valence-corrected chi connectivity index (χ2v) is 5.88. The molecule has 21 heavy (non-hydrogen) atoms. The number of aromatic nitrogens is 3. The van der Waals surface area contributed by atoms with Crippen molar-refractivity contribution in [2.75, 3.05) is 5.73 Å². The molecule has 4 aromatic rings. The standard InChI is InChI=1S/C15H11FN4S/c16-13-2-1-3-14-18-8-10(20(13)14)6-9-4-5-11-12(7-9)21-15(17)19-11/h1-5,7-8H,6H2,(H2,17,19). The molecule has 0 amide bonds. The zero-order valence-electron chi connectivity index (χ0n) is 11.0. The molecular formula is C15H11FN4S. The smallest absolute Gasteiger partial charge is 0.199 e. The second kappa shape index (κ2) is 4.53. The summed E-state index contributed by atoms with van der Waals surface area (Å²) >= 11 is 1.46. The number of benzene rings is 1. The van der Waals surface area contributed by atoms with Crippen molar-refractivity contribution >= 4 is 32.3 Å². The number of nitrogen functional groups attached to an aromatic ring is 1. The van der Waals surface area contributed by atoms with E-state index in [1.807, 2.05) is 18.2 Å². The van der Waals surface area contributed by atoms with Gasteiger partial charge >= 0.3 is 0 Å². The van der Waals surface area contributed by atoms with Crippen LogP contribution in [0.25, 0.3) is 15.9 Å². The molecule has 0 atom stereocenters. The number of pyridine rings is 1. The van der Waals surface area contributed by atoms with Crippen LogP contribution in [0.1, 0.15) is 11.3 Å². The van der Waals surface area contributed by atoms with Crippen LogP contribution in [-0.4, -0.2) is 14.4 Å². The van der Waals surface area contributed by atoms with E-state index in [-0.39, 0.29) is 5.95 Å². The molecule has 3 heterocycles. The predicted molar refractivity (Wildman–Crippen MR) is 82.0 cm³/mol. The van der Waals surface area contributed by atoms with Gasteiger partial charge in [0.1, 0.15) is 5.65 Å². The minimum atomic E-state index is -0.303. The highest BCUT2D eigenvalue weighted by Crippen LogP contribution is 2.25. The summed E-state index contributed by atoms with van der Waals surface area (Å²) in [5.74, 6) is -0.303. The molecule has 1 aromatic carbocycles. The van der Waals surface area contributed by atoms with Gasteiger partial charge in [0.2, 0.25) is 0 Å². The van der Waals surface area contributed by atoms with E-state index in [2.05, 4.69) is 9.97 Å². The largest absolute Gasteiger partial charge is 0.375 e. The molecule has 0 unspecified atom stereocenters. The molecule has 3 aromatic heterocycles. The molecule has 0 saturated heterocycles. The summed E-state index contributed by atoms with van der Waals surface area (Å²) in [7, 11) is 0. The third-order valence-corrected chi connectivity index (χ3v) is 4.26. The summed E-state index contributed by atoms with van der Waals surface area (Å²) in [4.78, 5) is 8.47. The topological polar surface area (TPSA) is 56.2 Å². The van der Waals surface area contributed by atoms with Crippen molar-refractivity contribution in [3.05, 3.63) is 59.8 Å². The number of nitrogens with two attached hydrogens (primary N) is 1. The van der Waals surface area contributed by atoms with Crippen molar-refractivity contribution in [3.63, 3.8) is 0 Å². The lowest BCUT2D eigenvalue weighted by Crippen LogP contribution is -1.98. The number of imidazole rings is 1. The Labute approximate surface area is 123 Å². The maximum absolute atomic E-state index is 13.9. The molecule has 0 saturated carbocycles. The Morgan fingerprint density at radius 3 is 3.05 bits per heavy atom. The molecular weight excluding hydrogens is 287 g/mol. The SMILES string of the molecule is Nc1nc2ccc(Cc3cnc4cccc(F)n34)cc2s1. The molecule has 0 aliphatic rings. The minimum Gasteiger partial charge on any atom is -0.375 e. The molecule has 4 nitrogen and oxygen atoms in total. The van der Waals surface area contributed by atoms with Crippen molar-refractivity contribution in [1.29, 1.82) is 0 Å². The number of nitrogens with zero attached hydrogens (tertiary/aromatic N) is 3. The fourth-order valence-corrected chi connectivity index (χ4v) is 3.28. The van der Waals surface area contributed by atoms with Crippen LogP contribution in [-0.2, 0) is 6.42 Å². The first-order chi connectivity index (χ1) is 10.2. The highest BCUT2D eigenvalue weighted by molar-refractivity contribution is 7.22. The molecule has 0 fully saturated rings. The number of hydrogen-bond acceptors (Lipinski definition) is 4. The van der Waals surface area contributed by atoms with Crippen LogP contribution in [0, 0.1) is 5.95 Å². The van der Waals surface area contributed by atoms with Gasteiger partial charge in [-0.15, -0.1) is 0 Å². The average molecular weight is 298 g/mol. The Morgan fingerprint density at radius 1 is 1.24 bits per heavy atom. The maximum atomic E-state index is 13.9. The molecule has 0 bridgehead atoms. The van der Waals surface area contributed by atoms with E-state index in [0.717, 1.165) is 21.5 Å². The Balaban J connectivity index is 1.78. The first-order valence-corrected chi connectivity index (χ1v) is 7.28. The van der Waals surface area contributed by atoms with Crippen molar-refractivity contribution in [1.82, 2.24) is 14.4 Å².